The second kappa shape index (κ2) is 7.72. The molecule has 1 fully saturated rings. The van der Waals surface area contributed by atoms with Crippen LogP contribution < -0.4 is 15.5 Å². The number of ether oxygens (including phenoxy) is 1. The van der Waals surface area contributed by atoms with Crippen molar-refractivity contribution in [1.29, 1.82) is 5.26 Å². The monoisotopic (exact) mass is 308 g/mol. The first-order chi connectivity index (χ1) is 10.2. The minimum Gasteiger partial charge on any atom is -0.378 e. The standard InChI is InChI=1S/C14H17ClN4O2/c15-11-2-1-3-12(18-10-13(20)17-5-4-16)14(11)19-6-8-21-9-7-19/h1-3,18H,5-10H2,(H,17,20). The Labute approximate surface area is 128 Å². The molecule has 21 heavy (non-hydrogen) atoms. The van der Waals surface area contributed by atoms with Crippen LogP contribution in [0, 0.1) is 11.3 Å². The van der Waals surface area contributed by atoms with E-state index in [1.165, 1.54) is 0 Å². The van der Waals surface area contributed by atoms with Gasteiger partial charge in [0.1, 0.15) is 6.54 Å². The molecule has 6 nitrogen and oxygen atoms in total. The minimum absolute atomic E-state index is 0.00633. The van der Waals surface area contributed by atoms with Crippen LogP contribution in [0.3, 0.4) is 0 Å². The maximum atomic E-state index is 11.6. The van der Waals surface area contributed by atoms with E-state index in [9.17, 15) is 4.79 Å². The van der Waals surface area contributed by atoms with Gasteiger partial charge in [0, 0.05) is 13.1 Å². The lowest BCUT2D eigenvalue weighted by Gasteiger charge is -2.31. The highest BCUT2D eigenvalue weighted by molar-refractivity contribution is 6.34. The quantitative estimate of drug-likeness (QED) is 0.800. The van der Waals surface area contributed by atoms with Gasteiger partial charge in [-0.05, 0) is 12.1 Å². The molecule has 1 aliphatic rings. The number of nitrogens with one attached hydrogen (secondary N) is 2. The van der Waals surface area contributed by atoms with E-state index in [0.29, 0.717) is 18.2 Å². The molecule has 1 aromatic carbocycles. The van der Waals surface area contributed by atoms with Crippen molar-refractivity contribution < 1.29 is 9.53 Å². The number of benzene rings is 1. The molecule has 0 bridgehead atoms. The van der Waals surface area contributed by atoms with E-state index in [-0.39, 0.29) is 19.0 Å². The number of anilines is 2. The average Bonchev–Trinajstić information content (AvgIpc) is 2.51. The van der Waals surface area contributed by atoms with Gasteiger partial charge in [-0.2, -0.15) is 5.26 Å². The predicted molar refractivity (Wildman–Crippen MR) is 81.6 cm³/mol. The normalized spacial score (nSPS) is 14.4. The molecule has 0 unspecified atom stereocenters. The first-order valence-electron chi connectivity index (χ1n) is 6.71. The van der Waals surface area contributed by atoms with Gasteiger partial charge >= 0.3 is 0 Å². The second-order valence-corrected chi connectivity index (χ2v) is 4.93. The third-order valence-corrected chi connectivity index (χ3v) is 3.42. The number of halogens is 1. The Bertz CT molecular complexity index is 538. The summed E-state index contributed by atoms with van der Waals surface area (Å²) in [5.74, 6) is -0.232. The van der Waals surface area contributed by atoms with E-state index in [1.807, 2.05) is 24.3 Å². The number of nitrogens with zero attached hydrogens (tertiary/aromatic N) is 2. The van der Waals surface area contributed by atoms with E-state index >= 15 is 0 Å². The van der Waals surface area contributed by atoms with Crippen molar-refractivity contribution in [3.05, 3.63) is 23.2 Å². The smallest absolute Gasteiger partial charge is 0.240 e. The Morgan fingerprint density at radius 2 is 2.19 bits per heavy atom. The third kappa shape index (κ3) is 4.25. The number of rotatable bonds is 5. The highest BCUT2D eigenvalue weighted by Gasteiger charge is 2.18. The highest BCUT2D eigenvalue weighted by atomic mass is 35.5. The molecule has 1 heterocycles. The molecule has 2 rings (SSSR count). The van der Waals surface area contributed by atoms with Crippen molar-refractivity contribution in [2.45, 2.75) is 0 Å². The molecule has 2 N–H and O–H groups in total. The van der Waals surface area contributed by atoms with Crippen LogP contribution in [-0.2, 0) is 9.53 Å². The summed E-state index contributed by atoms with van der Waals surface area (Å²) in [4.78, 5) is 13.7. The van der Waals surface area contributed by atoms with Crippen molar-refractivity contribution >= 4 is 28.9 Å². The van der Waals surface area contributed by atoms with Crippen LogP contribution in [0.2, 0.25) is 5.02 Å². The van der Waals surface area contributed by atoms with Crippen molar-refractivity contribution in [2.75, 3.05) is 49.6 Å². The Morgan fingerprint density at radius 3 is 2.90 bits per heavy atom. The fourth-order valence-corrected chi connectivity index (χ4v) is 2.44. The van der Waals surface area contributed by atoms with Crippen LogP contribution in [0.25, 0.3) is 0 Å². The summed E-state index contributed by atoms with van der Waals surface area (Å²) < 4.78 is 5.34. The van der Waals surface area contributed by atoms with E-state index in [1.54, 1.807) is 0 Å². The number of amides is 1. The zero-order valence-electron chi connectivity index (χ0n) is 11.6. The maximum absolute atomic E-state index is 11.6. The van der Waals surface area contributed by atoms with Crippen molar-refractivity contribution in [1.82, 2.24) is 5.32 Å². The summed E-state index contributed by atoms with van der Waals surface area (Å²) in [6.45, 7) is 2.95. The lowest BCUT2D eigenvalue weighted by Crippen LogP contribution is -2.37. The largest absolute Gasteiger partial charge is 0.378 e. The molecule has 0 spiro atoms. The van der Waals surface area contributed by atoms with Gasteiger partial charge in [0.25, 0.3) is 0 Å². The first kappa shape index (κ1) is 15.4. The Kier molecular flexibility index (Phi) is 5.67. The molecule has 0 radical (unpaired) electrons. The van der Waals surface area contributed by atoms with Crippen LogP contribution >= 0.6 is 11.6 Å². The van der Waals surface area contributed by atoms with Crippen LogP contribution in [0.1, 0.15) is 0 Å². The molecule has 112 valence electrons. The molecular formula is C14H17ClN4O2. The highest BCUT2D eigenvalue weighted by Crippen LogP contribution is 2.34. The van der Waals surface area contributed by atoms with E-state index in [0.717, 1.165) is 24.5 Å². The van der Waals surface area contributed by atoms with Gasteiger partial charge in [0.15, 0.2) is 0 Å². The molecule has 1 aliphatic heterocycles. The third-order valence-electron chi connectivity index (χ3n) is 3.12. The molecule has 1 amide bonds. The van der Waals surface area contributed by atoms with Gasteiger partial charge in [0.2, 0.25) is 5.91 Å². The number of hydrogen-bond donors (Lipinski definition) is 2. The summed E-state index contributed by atoms with van der Waals surface area (Å²) in [5.41, 5.74) is 1.69. The van der Waals surface area contributed by atoms with E-state index in [2.05, 4.69) is 15.5 Å². The van der Waals surface area contributed by atoms with Gasteiger partial charge in [-0.15, -0.1) is 0 Å². The van der Waals surface area contributed by atoms with Crippen molar-refractivity contribution in [2.24, 2.45) is 0 Å². The number of hydrogen-bond acceptors (Lipinski definition) is 5. The summed E-state index contributed by atoms with van der Waals surface area (Å²) in [6.07, 6.45) is 0. The SMILES string of the molecule is N#CCNC(=O)CNc1cccc(Cl)c1N1CCOCC1. The van der Waals surface area contributed by atoms with Crippen molar-refractivity contribution in [3.8, 4) is 6.07 Å². The molecule has 1 saturated heterocycles. The predicted octanol–water partition coefficient (Wildman–Crippen LogP) is 1.23. The fraction of sp³-hybridized carbons (Fsp3) is 0.429. The molecule has 0 aliphatic carbocycles. The number of carbonyl (C=O) groups is 1. The zero-order valence-corrected chi connectivity index (χ0v) is 12.3. The van der Waals surface area contributed by atoms with Gasteiger partial charge in [-0.3, -0.25) is 4.79 Å². The number of morpholine rings is 1. The molecule has 0 atom stereocenters. The second-order valence-electron chi connectivity index (χ2n) is 4.52. The van der Waals surface area contributed by atoms with Crippen molar-refractivity contribution in [3.63, 3.8) is 0 Å². The fourth-order valence-electron chi connectivity index (χ4n) is 2.14. The summed E-state index contributed by atoms with van der Waals surface area (Å²) in [6, 6.07) is 7.41. The first-order valence-corrected chi connectivity index (χ1v) is 7.09. The van der Waals surface area contributed by atoms with Crippen LogP contribution in [-0.4, -0.2) is 45.3 Å². The minimum atomic E-state index is -0.232. The number of nitriles is 1. The molecule has 0 saturated carbocycles. The van der Waals surface area contributed by atoms with Gasteiger partial charge in [-0.1, -0.05) is 17.7 Å². The van der Waals surface area contributed by atoms with Gasteiger partial charge < -0.3 is 20.3 Å². The van der Waals surface area contributed by atoms with Gasteiger partial charge in [0.05, 0.1) is 42.2 Å². The van der Waals surface area contributed by atoms with E-state index < -0.39 is 0 Å². The van der Waals surface area contributed by atoms with Crippen LogP contribution in [0.5, 0.6) is 0 Å². The topological polar surface area (TPSA) is 77.4 Å². The molecule has 1 aromatic rings. The molecular weight excluding hydrogens is 292 g/mol. The Morgan fingerprint density at radius 1 is 1.43 bits per heavy atom. The van der Waals surface area contributed by atoms with Crippen LogP contribution in [0.4, 0.5) is 11.4 Å². The zero-order chi connectivity index (χ0) is 15.1. The van der Waals surface area contributed by atoms with Crippen LogP contribution in [0.15, 0.2) is 18.2 Å². The average molecular weight is 309 g/mol. The molecule has 7 heteroatoms. The number of carbonyl (C=O) groups excluding carboxylic acids is 1. The summed E-state index contributed by atoms with van der Waals surface area (Å²) in [5, 5.41) is 14.6. The Hall–Kier alpha value is -1.97. The summed E-state index contributed by atoms with van der Waals surface area (Å²) in [7, 11) is 0. The summed E-state index contributed by atoms with van der Waals surface area (Å²) >= 11 is 6.30. The maximum Gasteiger partial charge on any atom is 0.240 e. The number of para-hydroxylation sites is 1. The van der Waals surface area contributed by atoms with Gasteiger partial charge in [-0.25, -0.2) is 0 Å². The lowest BCUT2D eigenvalue weighted by atomic mass is 10.2. The Balaban J connectivity index is 2.06. The van der Waals surface area contributed by atoms with E-state index in [4.69, 9.17) is 21.6 Å². The molecule has 0 aromatic heterocycles. The lowest BCUT2D eigenvalue weighted by molar-refractivity contribution is -0.119.